The average Bonchev–Trinajstić information content (AvgIpc) is 2.99. The van der Waals surface area contributed by atoms with E-state index in [0.29, 0.717) is 0 Å². The fraction of sp³-hybridized carbons (Fsp3) is 0.438. The van der Waals surface area contributed by atoms with E-state index in [0.717, 1.165) is 37.6 Å². The molecule has 0 saturated carbocycles. The molecule has 114 valence electrons. The standard InChI is InChI=1S/C16H23N3O2/c1-4-19-12-14(11-18-19)10-17-8-7-13-5-6-15(20-2)16(9-13)21-3/h5-6,9,11-12,17H,4,7-8,10H2,1-3H3. The molecule has 1 aromatic heterocycles. The van der Waals surface area contributed by atoms with Crippen LogP contribution in [0.1, 0.15) is 18.1 Å². The van der Waals surface area contributed by atoms with E-state index >= 15 is 0 Å². The largest absolute Gasteiger partial charge is 0.493 e. The highest BCUT2D eigenvalue weighted by atomic mass is 16.5. The zero-order valence-electron chi connectivity index (χ0n) is 12.9. The first kappa shape index (κ1) is 15.4. The predicted octanol–water partition coefficient (Wildman–Crippen LogP) is 2.25. The third kappa shape index (κ3) is 4.23. The van der Waals surface area contributed by atoms with Crippen molar-refractivity contribution in [3.05, 3.63) is 41.7 Å². The predicted molar refractivity (Wildman–Crippen MR) is 82.9 cm³/mol. The lowest BCUT2D eigenvalue weighted by atomic mass is 10.1. The number of nitrogens with zero attached hydrogens (tertiary/aromatic N) is 2. The van der Waals surface area contributed by atoms with Crippen LogP contribution in [-0.2, 0) is 19.5 Å². The summed E-state index contributed by atoms with van der Waals surface area (Å²) in [6.45, 7) is 4.74. The van der Waals surface area contributed by atoms with E-state index in [1.165, 1.54) is 11.1 Å². The van der Waals surface area contributed by atoms with Gasteiger partial charge >= 0.3 is 0 Å². The van der Waals surface area contributed by atoms with Crippen LogP contribution in [0.25, 0.3) is 0 Å². The maximum absolute atomic E-state index is 5.31. The average molecular weight is 289 g/mol. The molecule has 5 heteroatoms. The van der Waals surface area contributed by atoms with Gasteiger partial charge in [0.05, 0.1) is 20.4 Å². The van der Waals surface area contributed by atoms with Crippen LogP contribution in [0.15, 0.2) is 30.6 Å². The minimum Gasteiger partial charge on any atom is -0.493 e. The summed E-state index contributed by atoms with van der Waals surface area (Å²) >= 11 is 0. The van der Waals surface area contributed by atoms with Crippen molar-refractivity contribution in [3.8, 4) is 11.5 Å². The molecule has 0 saturated heterocycles. The maximum atomic E-state index is 5.31. The minimum atomic E-state index is 0.765. The summed E-state index contributed by atoms with van der Waals surface area (Å²) in [4.78, 5) is 0. The number of benzene rings is 1. The Morgan fingerprint density at radius 3 is 2.62 bits per heavy atom. The van der Waals surface area contributed by atoms with Crippen molar-refractivity contribution in [2.75, 3.05) is 20.8 Å². The monoisotopic (exact) mass is 289 g/mol. The van der Waals surface area contributed by atoms with Crippen LogP contribution in [0.5, 0.6) is 11.5 Å². The van der Waals surface area contributed by atoms with Crippen LogP contribution in [0.4, 0.5) is 0 Å². The van der Waals surface area contributed by atoms with Gasteiger partial charge < -0.3 is 14.8 Å². The summed E-state index contributed by atoms with van der Waals surface area (Å²) in [6.07, 6.45) is 4.93. The number of ether oxygens (including phenoxy) is 2. The number of rotatable bonds is 8. The summed E-state index contributed by atoms with van der Waals surface area (Å²) in [7, 11) is 3.31. The first-order valence-corrected chi connectivity index (χ1v) is 7.19. The van der Waals surface area contributed by atoms with Crippen molar-refractivity contribution in [1.29, 1.82) is 0 Å². The van der Waals surface area contributed by atoms with Crippen LogP contribution >= 0.6 is 0 Å². The van der Waals surface area contributed by atoms with Crippen LogP contribution in [0, 0.1) is 0 Å². The molecule has 1 aromatic carbocycles. The van der Waals surface area contributed by atoms with Crippen molar-refractivity contribution >= 4 is 0 Å². The molecule has 0 radical (unpaired) electrons. The van der Waals surface area contributed by atoms with Gasteiger partial charge in [-0.2, -0.15) is 5.10 Å². The smallest absolute Gasteiger partial charge is 0.160 e. The van der Waals surface area contributed by atoms with Crippen LogP contribution in [0.3, 0.4) is 0 Å². The second-order valence-electron chi connectivity index (χ2n) is 4.82. The Morgan fingerprint density at radius 2 is 1.95 bits per heavy atom. The van der Waals surface area contributed by atoms with E-state index in [4.69, 9.17) is 9.47 Å². The molecular weight excluding hydrogens is 266 g/mol. The van der Waals surface area contributed by atoms with Gasteiger partial charge in [-0.25, -0.2) is 0 Å². The summed E-state index contributed by atoms with van der Waals surface area (Å²) in [5.41, 5.74) is 2.44. The molecule has 0 unspecified atom stereocenters. The summed E-state index contributed by atoms with van der Waals surface area (Å²) in [5, 5.41) is 7.69. The molecule has 0 aliphatic carbocycles. The highest BCUT2D eigenvalue weighted by molar-refractivity contribution is 5.42. The van der Waals surface area contributed by atoms with Gasteiger partial charge in [0.2, 0.25) is 0 Å². The van der Waals surface area contributed by atoms with E-state index in [9.17, 15) is 0 Å². The summed E-state index contributed by atoms with van der Waals surface area (Å²) in [5.74, 6) is 1.54. The molecule has 1 heterocycles. The van der Waals surface area contributed by atoms with Crippen molar-refractivity contribution < 1.29 is 9.47 Å². The van der Waals surface area contributed by atoms with Gasteiger partial charge in [-0.1, -0.05) is 6.07 Å². The third-order valence-corrected chi connectivity index (χ3v) is 3.38. The van der Waals surface area contributed by atoms with Crippen molar-refractivity contribution in [3.63, 3.8) is 0 Å². The second-order valence-corrected chi connectivity index (χ2v) is 4.82. The Hall–Kier alpha value is -2.01. The van der Waals surface area contributed by atoms with E-state index < -0.39 is 0 Å². The lowest BCUT2D eigenvalue weighted by molar-refractivity contribution is 0.354. The van der Waals surface area contributed by atoms with E-state index in [1.54, 1.807) is 14.2 Å². The molecule has 0 spiro atoms. The molecule has 0 atom stereocenters. The van der Waals surface area contributed by atoms with Crippen LogP contribution in [0.2, 0.25) is 0 Å². The quantitative estimate of drug-likeness (QED) is 0.757. The highest BCUT2D eigenvalue weighted by Gasteiger charge is 2.04. The van der Waals surface area contributed by atoms with Gasteiger partial charge in [0.15, 0.2) is 11.5 Å². The first-order chi connectivity index (χ1) is 10.3. The van der Waals surface area contributed by atoms with Gasteiger partial charge in [-0.3, -0.25) is 4.68 Å². The molecule has 0 amide bonds. The van der Waals surface area contributed by atoms with Gasteiger partial charge in [0.1, 0.15) is 0 Å². The lowest BCUT2D eigenvalue weighted by Gasteiger charge is -2.09. The normalized spacial score (nSPS) is 10.6. The summed E-state index contributed by atoms with van der Waals surface area (Å²) in [6, 6.07) is 6.03. The minimum absolute atomic E-state index is 0.765. The zero-order chi connectivity index (χ0) is 15.1. The summed E-state index contributed by atoms with van der Waals surface area (Å²) < 4.78 is 12.5. The number of nitrogens with one attached hydrogen (secondary N) is 1. The van der Waals surface area contributed by atoms with E-state index in [-0.39, 0.29) is 0 Å². The molecule has 2 aromatic rings. The van der Waals surface area contributed by atoms with E-state index in [2.05, 4.69) is 29.6 Å². The number of hydrogen-bond acceptors (Lipinski definition) is 4. The number of methoxy groups -OCH3 is 2. The van der Waals surface area contributed by atoms with E-state index in [1.807, 2.05) is 23.0 Å². The molecule has 5 nitrogen and oxygen atoms in total. The molecule has 21 heavy (non-hydrogen) atoms. The Kier molecular flexibility index (Phi) is 5.63. The molecule has 2 rings (SSSR count). The molecule has 0 bridgehead atoms. The Morgan fingerprint density at radius 1 is 1.14 bits per heavy atom. The zero-order valence-corrected chi connectivity index (χ0v) is 12.9. The Labute approximate surface area is 125 Å². The maximum Gasteiger partial charge on any atom is 0.160 e. The van der Waals surface area contributed by atoms with Crippen molar-refractivity contribution in [1.82, 2.24) is 15.1 Å². The molecular formula is C16H23N3O2. The van der Waals surface area contributed by atoms with Crippen molar-refractivity contribution in [2.24, 2.45) is 0 Å². The van der Waals surface area contributed by atoms with Crippen molar-refractivity contribution in [2.45, 2.75) is 26.4 Å². The fourth-order valence-electron chi connectivity index (χ4n) is 2.17. The number of hydrogen-bond donors (Lipinski definition) is 1. The lowest BCUT2D eigenvalue weighted by Crippen LogP contribution is -2.16. The van der Waals surface area contributed by atoms with Gasteiger partial charge in [-0.05, 0) is 37.6 Å². The second kappa shape index (κ2) is 7.69. The highest BCUT2D eigenvalue weighted by Crippen LogP contribution is 2.27. The number of aryl methyl sites for hydroxylation is 1. The third-order valence-electron chi connectivity index (χ3n) is 3.38. The SMILES string of the molecule is CCn1cc(CNCCc2ccc(OC)c(OC)c2)cn1. The molecule has 0 aliphatic heterocycles. The van der Waals surface area contributed by atoms with Crippen LogP contribution < -0.4 is 14.8 Å². The Balaban J connectivity index is 1.80. The van der Waals surface area contributed by atoms with Crippen LogP contribution in [-0.4, -0.2) is 30.5 Å². The Bertz CT molecular complexity index is 566. The van der Waals surface area contributed by atoms with Gasteiger partial charge in [0, 0.05) is 24.8 Å². The molecule has 1 N–H and O–H groups in total. The molecule has 0 aliphatic rings. The molecule has 0 fully saturated rings. The topological polar surface area (TPSA) is 48.3 Å². The van der Waals surface area contributed by atoms with Gasteiger partial charge in [0.25, 0.3) is 0 Å². The fourth-order valence-corrected chi connectivity index (χ4v) is 2.17. The first-order valence-electron chi connectivity index (χ1n) is 7.19. The van der Waals surface area contributed by atoms with Gasteiger partial charge in [-0.15, -0.1) is 0 Å². The number of aromatic nitrogens is 2.